The van der Waals surface area contributed by atoms with Gasteiger partial charge in [-0.25, -0.2) is 4.68 Å². The molecule has 1 N–H and O–H groups in total. The lowest BCUT2D eigenvalue weighted by molar-refractivity contribution is -0.142. The summed E-state index contributed by atoms with van der Waals surface area (Å²) < 4.78 is 11.7. The van der Waals surface area contributed by atoms with E-state index in [1.807, 2.05) is 24.3 Å². The molecule has 0 bridgehead atoms. The van der Waals surface area contributed by atoms with E-state index in [9.17, 15) is 4.79 Å². The largest absolute Gasteiger partial charge is 0.497 e. The number of carbonyl (C=O) groups excluding carboxylic acids is 1. The molecule has 0 atom stereocenters. The van der Waals surface area contributed by atoms with E-state index in [0.29, 0.717) is 19.7 Å². The highest BCUT2D eigenvalue weighted by Gasteiger charge is 2.08. The molecule has 0 saturated heterocycles. The Hall–Kier alpha value is -2.13. The molecule has 0 saturated carbocycles. The number of rotatable bonds is 10. The number of thioether (sulfide) groups is 1. The molecular formula is C15H21N5O3S. The summed E-state index contributed by atoms with van der Waals surface area (Å²) in [5, 5.41) is 15.5. The molecule has 0 fully saturated rings. The van der Waals surface area contributed by atoms with E-state index in [-0.39, 0.29) is 12.5 Å². The molecule has 2 aromatic rings. The highest BCUT2D eigenvalue weighted by molar-refractivity contribution is 7.98. The molecule has 0 amide bonds. The Morgan fingerprint density at radius 1 is 1.33 bits per heavy atom. The van der Waals surface area contributed by atoms with E-state index in [1.54, 1.807) is 30.5 Å². The minimum atomic E-state index is -0.261. The Balaban J connectivity index is 1.76. The minimum absolute atomic E-state index is 0.185. The summed E-state index contributed by atoms with van der Waals surface area (Å²) in [7, 11) is 1.65. The second kappa shape index (κ2) is 9.89. The van der Waals surface area contributed by atoms with Crippen LogP contribution in [0.3, 0.4) is 0 Å². The number of esters is 1. The van der Waals surface area contributed by atoms with Gasteiger partial charge in [0, 0.05) is 12.3 Å². The molecule has 130 valence electrons. The molecule has 0 spiro atoms. The lowest BCUT2D eigenvalue weighted by Gasteiger charge is -2.06. The molecule has 9 heteroatoms. The van der Waals surface area contributed by atoms with Gasteiger partial charge < -0.3 is 14.8 Å². The second-order valence-electron chi connectivity index (χ2n) is 4.80. The average molecular weight is 351 g/mol. The maximum absolute atomic E-state index is 11.2. The van der Waals surface area contributed by atoms with Gasteiger partial charge >= 0.3 is 5.97 Å². The third kappa shape index (κ3) is 5.82. The van der Waals surface area contributed by atoms with Crippen LogP contribution in [0.1, 0.15) is 12.5 Å². The number of tetrazole rings is 1. The topological polar surface area (TPSA) is 91.2 Å². The van der Waals surface area contributed by atoms with Gasteiger partial charge in [0.1, 0.15) is 5.75 Å². The smallest absolute Gasteiger partial charge is 0.319 e. The minimum Gasteiger partial charge on any atom is -0.497 e. The molecular weight excluding hydrogens is 330 g/mol. The lowest BCUT2D eigenvalue weighted by atomic mass is 10.2. The van der Waals surface area contributed by atoms with Crippen LogP contribution in [0.5, 0.6) is 5.75 Å². The normalized spacial score (nSPS) is 10.6. The van der Waals surface area contributed by atoms with Crippen LogP contribution in [0.15, 0.2) is 29.4 Å². The number of hydrogen-bond donors (Lipinski definition) is 1. The number of aromatic nitrogens is 4. The maximum atomic E-state index is 11.2. The molecule has 8 nitrogen and oxygen atoms in total. The van der Waals surface area contributed by atoms with Gasteiger partial charge in [-0.3, -0.25) is 4.79 Å². The Kier molecular flexibility index (Phi) is 7.50. The van der Waals surface area contributed by atoms with Gasteiger partial charge in [0.15, 0.2) is 0 Å². The number of nitrogens with one attached hydrogen (secondary N) is 1. The summed E-state index contributed by atoms with van der Waals surface area (Å²) in [4.78, 5) is 11.2. The number of methoxy groups -OCH3 is 1. The summed E-state index contributed by atoms with van der Waals surface area (Å²) in [6.07, 6.45) is 0. The zero-order valence-electron chi connectivity index (χ0n) is 13.8. The summed E-state index contributed by atoms with van der Waals surface area (Å²) in [6.45, 7) is 3.52. The van der Waals surface area contributed by atoms with E-state index in [0.717, 1.165) is 22.2 Å². The van der Waals surface area contributed by atoms with Crippen LogP contribution >= 0.6 is 11.8 Å². The zero-order chi connectivity index (χ0) is 17.2. The average Bonchev–Trinajstić information content (AvgIpc) is 3.05. The van der Waals surface area contributed by atoms with Crippen molar-refractivity contribution in [2.45, 2.75) is 24.4 Å². The van der Waals surface area contributed by atoms with Crippen LogP contribution in [0.4, 0.5) is 0 Å². The zero-order valence-corrected chi connectivity index (χ0v) is 14.6. The predicted molar refractivity (Wildman–Crippen MR) is 89.9 cm³/mol. The van der Waals surface area contributed by atoms with Crippen LogP contribution < -0.4 is 10.1 Å². The quantitative estimate of drug-likeness (QED) is 0.387. The van der Waals surface area contributed by atoms with Crippen molar-refractivity contribution < 1.29 is 14.3 Å². The number of ether oxygens (including phenoxy) is 2. The van der Waals surface area contributed by atoms with E-state index in [1.165, 1.54) is 0 Å². The van der Waals surface area contributed by atoms with Crippen LogP contribution in [0, 0.1) is 0 Å². The summed E-state index contributed by atoms with van der Waals surface area (Å²) in [5.74, 6) is 1.34. The van der Waals surface area contributed by atoms with Gasteiger partial charge in [-0.15, -0.1) is 5.10 Å². The number of carbonyl (C=O) groups is 1. The van der Waals surface area contributed by atoms with Gasteiger partial charge in [-0.1, -0.05) is 23.9 Å². The van der Waals surface area contributed by atoms with Gasteiger partial charge in [0.2, 0.25) is 5.16 Å². The third-order valence-corrected chi connectivity index (χ3v) is 4.13. The highest BCUT2D eigenvalue weighted by atomic mass is 32.2. The SMILES string of the molecule is CCOC(=O)CNCCn1nnnc1SCc1ccc(OC)cc1. The summed E-state index contributed by atoms with van der Waals surface area (Å²) in [5.41, 5.74) is 1.16. The Labute approximate surface area is 144 Å². The number of hydrogen-bond acceptors (Lipinski definition) is 8. The van der Waals surface area contributed by atoms with Gasteiger partial charge in [0.05, 0.1) is 26.8 Å². The van der Waals surface area contributed by atoms with Crippen molar-refractivity contribution in [2.75, 3.05) is 26.8 Å². The molecule has 0 aliphatic carbocycles. The van der Waals surface area contributed by atoms with Crippen molar-refractivity contribution in [1.29, 1.82) is 0 Å². The molecule has 0 radical (unpaired) electrons. The van der Waals surface area contributed by atoms with E-state index in [4.69, 9.17) is 9.47 Å². The fourth-order valence-corrected chi connectivity index (χ4v) is 2.76. The van der Waals surface area contributed by atoms with Crippen LogP contribution in [0.2, 0.25) is 0 Å². The van der Waals surface area contributed by atoms with Crippen LogP contribution in [-0.4, -0.2) is 53.0 Å². The Bertz CT molecular complexity index is 632. The van der Waals surface area contributed by atoms with Crippen molar-refractivity contribution in [3.05, 3.63) is 29.8 Å². The van der Waals surface area contributed by atoms with Crippen molar-refractivity contribution >= 4 is 17.7 Å². The van der Waals surface area contributed by atoms with Gasteiger partial charge in [-0.05, 0) is 35.0 Å². The first kappa shape index (κ1) is 18.2. The Morgan fingerprint density at radius 2 is 2.12 bits per heavy atom. The fraction of sp³-hybridized carbons (Fsp3) is 0.467. The highest BCUT2D eigenvalue weighted by Crippen LogP contribution is 2.21. The van der Waals surface area contributed by atoms with Gasteiger partial charge in [-0.2, -0.15) is 0 Å². The number of nitrogens with zero attached hydrogens (tertiary/aromatic N) is 4. The predicted octanol–water partition coefficient (Wildman–Crippen LogP) is 1.13. The lowest BCUT2D eigenvalue weighted by Crippen LogP contribution is -2.28. The van der Waals surface area contributed by atoms with Crippen molar-refractivity contribution in [3.63, 3.8) is 0 Å². The van der Waals surface area contributed by atoms with Crippen molar-refractivity contribution in [2.24, 2.45) is 0 Å². The molecule has 1 aromatic heterocycles. The third-order valence-electron chi connectivity index (χ3n) is 3.10. The monoisotopic (exact) mass is 351 g/mol. The first-order chi connectivity index (χ1) is 11.7. The van der Waals surface area contributed by atoms with E-state index >= 15 is 0 Å². The molecule has 0 unspecified atom stereocenters. The molecule has 0 aliphatic heterocycles. The summed E-state index contributed by atoms with van der Waals surface area (Å²) in [6, 6.07) is 7.89. The van der Waals surface area contributed by atoms with Crippen molar-refractivity contribution in [3.8, 4) is 5.75 Å². The van der Waals surface area contributed by atoms with Crippen molar-refractivity contribution in [1.82, 2.24) is 25.5 Å². The van der Waals surface area contributed by atoms with Crippen LogP contribution in [-0.2, 0) is 21.8 Å². The molecule has 0 aliphatic rings. The second-order valence-corrected chi connectivity index (χ2v) is 5.75. The van der Waals surface area contributed by atoms with E-state index in [2.05, 4.69) is 20.8 Å². The number of benzene rings is 1. The maximum Gasteiger partial charge on any atom is 0.319 e. The Morgan fingerprint density at radius 3 is 2.83 bits per heavy atom. The van der Waals surface area contributed by atoms with Gasteiger partial charge in [0.25, 0.3) is 0 Å². The summed E-state index contributed by atoms with van der Waals surface area (Å²) >= 11 is 1.56. The first-order valence-corrected chi connectivity index (χ1v) is 8.59. The molecule has 1 aromatic carbocycles. The standard InChI is InChI=1S/C15H21N5O3S/c1-3-23-14(21)10-16-8-9-20-15(17-18-19-20)24-11-12-4-6-13(22-2)7-5-12/h4-7,16H,3,8-11H2,1-2H3. The molecule has 2 rings (SSSR count). The first-order valence-electron chi connectivity index (χ1n) is 7.61. The molecule has 1 heterocycles. The van der Waals surface area contributed by atoms with Crippen LogP contribution in [0.25, 0.3) is 0 Å². The fourth-order valence-electron chi connectivity index (χ4n) is 1.90. The molecule has 24 heavy (non-hydrogen) atoms. The van der Waals surface area contributed by atoms with E-state index < -0.39 is 0 Å².